The molecule has 1 aliphatic rings. The van der Waals surface area contributed by atoms with Crippen LogP contribution in [0.15, 0.2) is 47.1 Å². The summed E-state index contributed by atoms with van der Waals surface area (Å²) in [7, 11) is 0. The van der Waals surface area contributed by atoms with Gasteiger partial charge >= 0.3 is 0 Å². The van der Waals surface area contributed by atoms with Crippen molar-refractivity contribution >= 4 is 0 Å². The van der Waals surface area contributed by atoms with Crippen LogP contribution in [0.2, 0.25) is 0 Å². The lowest BCUT2D eigenvalue weighted by molar-refractivity contribution is -0.0700. The van der Waals surface area contributed by atoms with E-state index in [2.05, 4.69) is 10.1 Å². The molecule has 28 heavy (non-hydrogen) atoms. The highest BCUT2D eigenvalue weighted by molar-refractivity contribution is 5.57. The summed E-state index contributed by atoms with van der Waals surface area (Å²) < 4.78 is 30.5. The van der Waals surface area contributed by atoms with Gasteiger partial charge in [-0.05, 0) is 17.3 Å². The van der Waals surface area contributed by atoms with Crippen LogP contribution in [0, 0.1) is 17.1 Å². The summed E-state index contributed by atoms with van der Waals surface area (Å²) in [6, 6.07) is 11.4. The van der Waals surface area contributed by atoms with Gasteiger partial charge in [-0.1, -0.05) is 12.1 Å². The fraction of sp³-hybridized carbons (Fsp3) is 0.250. The normalized spacial score (nSPS) is 18.3. The summed E-state index contributed by atoms with van der Waals surface area (Å²) in [6.07, 6.45) is 2.89. The fourth-order valence-corrected chi connectivity index (χ4v) is 2.90. The number of aromatic nitrogens is 2. The van der Waals surface area contributed by atoms with Crippen molar-refractivity contribution in [3.63, 3.8) is 0 Å². The molecule has 142 valence electrons. The Labute approximate surface area is 159 Å². The van der Waals surface area contributed by atoms with Gasteiger partial charge in [-0.2, -0.15) is 5.26 Å². The van der Waals surface area contributed by atoms with Gasteiger partial charge in [0.25, 0.3) is 5.88 Å². The minimum atomic E-state index is -0.526. The number of hydrogen-bond acceptors (Lipinski definition) is 7. The predicted octanol–water partition coefficient (Wildman–Crippen LogP) is 3.58. The second-order valence-electron chi connectivity index (χ2n) is 6.47. The van der Waals surface area contributed by atoms with Crippen molar-refractivity contribution in [3.8, 4) is 29.2 Å². The number of halogens is 1. The number of nitriles is 1. The molecule has 4 rings (SSSR count). The van der Waals surface area contributed by atoms with Crippen LogP contribution in [0.4, 0.5) is 4.39 Å². The Bertz CT molecular complexity index is 1010. The van der Waals surface area contributed by atoms with Gasteiger partial charge in [0, 0.05) is 42.3 Å². The van der Waals surface area contributed by atoms with E-state index in [-0.39, 0.29) is 30.3 Å². The molecule has 0 amide bonds. The lowest BCUT2D eigenvalue weighted by Gasteiger charge is -2.34. The number of pyridine rings is 1. The Balaban J connectivity index is 1.25. The Kier molecular flexibility index (Phi) is 4.91. The minimum absolute atomic E-state index is 0.0194. The zero-order chi connectivity index (χ0) is 19.5. The molecule has 8 heteroatoms. The van der Waals surface area contributed by atoms with E-state index in [1.807, 2.05) is 6.07 Å². The average molecular weight is 381 g/mol. The first-order valence-corrected chi connectivity index (χ1v) is 8.70. The summed E-state index contributed by atoms with van der Waals surface area (Å²) in [4.78, 5) is 4.22. The summed E-state index contributed by atoms with van der Waals surface area (Å²) in [5, 5.41) is 21.5. The smallest absolute Gasteiger partial charge is 0.252 e. The number of aromatic hydroxyl groups is 1. The lowest BCUT2D eigenvalue weighted by Crippen LogP contribution is -2.39. The third kappa shape index (κ3) is 3.80. The van der Waals surface area contributed by atoms with Crippen LogP contribution in [-0.2, 0) is 11.3 Å². The van der Waals surface area contributed by atoms with Crippen LogP contribution >= 0.6 is 0 Å². The maximum atomic E-state index is 14.0. The van der Waals surface area contributed by atoms with Gasteiger partial charge in [-0.25, -0.2) is 9.37 Å². The van der Waals surface area contributed by atoms with E-state index in [0.29, 0.717) is 35.6 Å². The maximum absolute atomic E-state index is 14.0. The molecule has 1 fully saturated rings. The molecule has 0 radical (unpaired) electrons. The van der Waals surface area contributed by atoms with E-state index < -0.39 is 5.82 Å². The average Bonchev–Trinajstić information content (AvgIpc) is 3.11. The van der Waals surface area contributed by atoms with Crippen LogP contribution in [0.25, 0.3) is 11.3 Å². The number of benzene rings is 1. The van der Waals surface area contributed by atoms with Crippen molar-refractivity contribution in [2.75, 3.05) is 0 Å². The first-order valence-electron chi connectivity index (χ1n) is 8.70. The van der Waals surface area contributed by atoms with E-state index in [0.717, 1.165) is 0 Å². The van der Waals surface area contributed by atoms with Crippen LogP contribution in [0.3, 0.4) is 0 Å². The van der Waals surface area contributed by atoms with E-state index in [4.69, 9.17) is 19.3 Å². The van der Waals surface area contributed by atoms with Crippen molar-refractivity contribution in [2.24, 2.45) is 0 Å². The summed E-state index contributed by atoms with van der Waals surface area (Å²) >= 11 is 0. The van der Waals surface area contributed by atoms with Crippen LogP contribution < -0.4 is 4.74 Å². The molecule has 1 saturated carbocycles. The first-order chi connectivity index (χ1) is 13.6. The predicted molar refractivity (Wildman–Crippen MR) is 94.7 cm³/mol. The number of rotatable bonds is 6. The molecule has 1 aromatic carbocycles. The number of ether oxygens (including phenoxy) is 2. The number of nitrogens with zero attached hydrogens (tertiary/aromatic N) is 3. The zero-order valence-corrected chi connectivity index (χ0v) is 14.7. The van der Waals surface area contributed by atoms with Gasteiger partial charge in [0.05, 0.1) is 18.3 Å². The SMILES string of the molecule is N#Cc1cccc(CO[C@H]2C[C@@H](Oc3ccc(-c4cc(O)no4)cn3)C2)c1F. The highest BCUT2D eigenvalue weighted by Gasteiger charge is 2.32. The van der Waals surface area contributed by atoms with Gasteiger partial charge in [0.15, 0.2) is 5.76 Å². The lowest BCUT2D eigenvalue weighted by atomic mass is 9.92. The molecule has 2 heterocycles. The zero-order valence-electron chi connectivity index (χ0n) is 14.7. The highest BCUT2D eigenvalue weighted by atomic mass is 19.1. The Hall–Kier alpha value is -3.44. The quantitative estimate of drug-likeness (QED) is 0.696. The van der Waals surface area contributed by atoms with Crippen LogP contribution in [-0.4, -0.2) is 27.5 Å². The molecule has 0 saturated heterocycles. The highest BCUT2D eigenvalue weighted by Crippen LogP contribution is 2.30. The minimum Gasteiger partial charge on any atom is -0.491 e. The fourth-order valence-electron chi connectivity index (χ4n) is 2.90. The molecule has 0 aliphatic heterocycles. The van der Waals surface area contributed by atoms with Gasteiger partial charge in [-0.15, -0.1) is 0 Å². The van der Waals surface area contributed by atoms with Crippen molar-refractivity contribution in [1.29, 1.82) is 5.26 Å². The molecule has 0 atom stereocenters. The van der Waals surface area contributed by atoms with Gasteiger partial charge < -0.3 is 19.1 Å². The standard InChI is InChI=1S/C20H16FN3O4/c21-20-12(9-22)2-1-3-14(20)11-26-15-6-16(7-15)27-19-5-4-13(10-23-19)17-8-18(25)24-28-17/h1-5,8,10,15-16H,6-7,11H2,(H,24,25)/t15-,16+. The molecular formula is C20H16FN3O4. The molecule has 0 bridgehead atoms. The van der Waals surface area contributed by atoms with Crippen LogP contribution in [0.5, 0.6) is 11.8 Å². The largest absolute Gasteiger partial charge is 0.491 e. The van der Waals surface area contributed by atoms with Gasteiger partial charge in [-0.3, -0.25) is 0 Å². The molecular weight excluding hydrogens is 365 g/mol. The second kappa shape index (κ2) is 7.66. The van der Waals surface area contributed by atoms with Crippen molar-refractivity contribution in [1.82, 2.24) is 10.1 Å². The van der Waals surface area contributed by atoms with Crippen LogP contribution in [0.1, 0.15) is 24.0 Å². The summed E-state index contributed by atoms with van der Waals surface area (Å²) in [5.74, 6) is 0.182. The first kappa shape index (κ1) is 17.9. The van der Waals surface area contributed by atoms with E-state index in [1.54, 1.807) is 30.5 Å². The van der Waals surface area contributed by atoms with Crippen molar-refractivity contribution in [2.45, 2.75) is 31.7 Å². The molecule has 7 nitrogen and oxygen atoms in total. The van der Waals surface area contributed by atoms with Crippen molar-refractivity contribution < 1.29 is 23.5 Å². The summed E-state index contributed by atoms with van der Waals surface area (Å²) in [6.45, 7) is 0.121. The maximum Gasteiger partial charge on any atom is 0.252 e. The summed E-state index contributed by atoms with van der Waals surface area (Å²) in [5.41, 5.74) is 1.07. The Morgan fingerprint density at radius 3 is 2.79 bits per heavy atom. The van der Waals surface area contributed by atoms with Gasteiger partial charge in [0.1, 0.15) is 18.0 Å². The molecule has 3 aromatic rings. The van der Waals surface area contributed by atoms with E-state index in [1.165, 1.54) is 12.1 Å². The molecule has 2 aromatic heterocycles. The number of hydrogen-bond donors (Lipinski definition) is 1. The molecule has 1 N–H and O–H groups in total. The molecule has 0 spiro atoms. The third-order valence-electron chi connectivity index (χ3n) is 4.53. The monoisotopic (exact) mass is 381 g/mol. The van der Waals surface area contributed by atoms with E-state index in [9.17, 15) is 9.50 Å². The van der Waals surface area contributed by atoms with Crippen molar-refractivity contribution in [3.05, 3.63) is 59.5 Å². The van der Waals surface area contributed by atoms with E-state index >= 15 is 0 Å². The Morgan fingerprint density at radius 1 is 1.25 bits per heavy atom. The second-order valence-corrected chi connectivity index (χ2v) is 6.47. The molecule has 1 aliphatic carbocycles. The third-order valence-corrected chi connectivity index (χ3v) is 4.53. The topological polar surface area (TPSA) is 101 Å². The molecule has 0 unspecified atom stereocenters. The van der Waals surface area contributed by atoms with Gasteiger partial charge in [0.2, 0.25) is 5.88 Å². The Morgan fingerprint density at radius 2 is 2.11 bits per heavy atom.